The maximum atomic E-state index is 13.9. The molecular formula is C31H27ClF2N2O5S. The number of nitrogens with zero attached hydrogens (tertiary/aromatic N) is 1. The highest BCUT2D eigenvalue weighted by Crippen LogP contribution is 2.56. The van der Waals surface area contributed by atoms with Gasteiger partial charge in [-0.2, -0.15) is 0 Å². The molecule has 0 radical (unpaired) electrons. The first-order valence-corrected chi connectivity index (χ1v) is 15.5. The lowest BCUT2D eigenvalue weighted by Crippen LogP contribution is -2.52. The number of sulfone groups is 1. The quantitative estimate of drug-likeness (QED) is 0.252. The van der Waals surface area contributed by atoms with Gasteiger partial charge < -0.3 is 15.5 Å². The highest BCUT2D eigenvalue weighted by Gasteiger charge is 2.59. The summed E-state index contributed by atoms with van der Waals surface area (Å²) in [5, 5.41) is 25.6. The van der Waals surface area contributed by atoms with E-state index in [2.05, 4.69) is 10.3 Å². The second-order valence-corrected chi connectivity index (χ2v) is 13.7. The van der Waals surface area contributed by atoms with Crippen molar-refractivity contribution in [3.63, 3.8) is 0 Å². The van der Waals surface area contributed by atoms with Crippen molar-refractivity contribution < 1.29 is 32.2 Å². The largest absolute Gasteiger partial charge is 0.386 e. The van der Waals surface area contributed by atoms with Gasteiger partial charge in [-0.1, -0.05) is 35.9 Å². The van der Waals surface area contributed by atoms with Crippen molar-refractivity contribution in [3.8, 4) is 0 Å². The Balaban J connectivity index is 1.24. The Kier molecular flexibility index (Phi) is 7.29. The van der Waals surface area contributed by atoms with Crippen LogP contribution in [0.4, 0.5) is 14.5 Å². The number of anilines is 1. The molecule has 1 aromatic heterocycles. The number of para-hydroxylation sites is 1. The average molecular weight is 613 g/mol. The number of nitrogens with one attached hydrogen (secondary N) is 1. The number of fused-ring (bicyclic) bond motifs is 3. The van der Waals surface area contributed by atoms with Gasteiger partial charge >= 0.3 is 0 Å². The monoisotopic (exact) mass is 612 g/mol. The Labute approximate surface area is 246 Å². The smallest absolute Gasteiger partial charge is 0.255 e. The van der Waals surface area contributed by atoms with Gasteiger partial charge in [0.05, 0.1) is 26.4 Å². The number of rotatable bonds is 6. The number of aliphatic hydroxyl groups excluding tert-OH is 1. The van der Waals surface area contributed by atoms with Gasteiger partial charge in [-0.25, -0.2) is 22.2 Å². The van der Waals surface area contributed by atoms with E-state index in [1.54, 1.807) is 6.07 Å². The molecule has 0 saturated heterocycles. The Morgan fingerprint density at radius 2 is 1.69 bits per heavy atom. The summed E-state index contributed by atoms with van der Waals surface area (Å²) in [5.41, 5.74) is -0.560. The minimum atomic E-state index is -4.06. The first kappa shape index (κ1) is 28.7. The minimum Gasteiger partial charge on any atom is -0.386 e. The van der Waals surface area contributed by atoms with Gasteiger partial charge in [0.2, 0.25) is 0 Å². The summed E-state index contributed by atoms with van der Waals surface area (Å²) in [4.78, 5) is 17.2. The van der Waals surface area contributed by atoms with Crippen molar-refractivity contribution in [2.45, 2.75) is 47.5 Å². The molecule has 3 aromatic carbocycles. The third-order valence-electron chi connectivity index (χ3n) is 8.72. The molecule has 4 aromatic rings. The molecule has 2 bridgehead atoms. The fourth-order valence-corrected chi connectivity index (χ4v) is 8.93. The van der Waals surface area contributed by atoms with E-state index in [4.69, 9.17) is 11.6 Å². The van der Waals surface area contributed by atoms with Crippen LogP contribution in [0.25, 0.3) is 10.9 Å². The fraction of sp³-hybridized carbons (Fsp3) is 0.290. The van der Waals surface area contributed by atoms with E-state index in [0.717, 1.165) is 17.5 Å². The molecular weight excluding hydrogens is 586 g/mol. The highest BCUT2D eigenvalue weighted by atomic mass is 35.5. The third kappa shape index (κ3) is 4.86. The van der Waals surface area contributed by atoms with Crippen LogP contribution in [0.5, 0.6) is 0 Å². The third-order valence-corrected chi connectivity index (χ3v) is 11.4. The molecule has 2 aliphatic carbocycles. The van der Waals surface area contributed by atoms with Crippen LogP contribution < -0.4 is 5.32 Å². The predicted octanol–water partition coefficient (Wildman–Crippen LogP) is 5.85. The van der Waals surface area contributed by atoms with E-state index in [1.165, 1.54) is 24.3 Å². The van der Waals surface area contributed by atoms with Gasteiger partial charge in [0.1, 0.15) is 11.7 Å². The molecule has 1 amide bonds. The molecule has 11 heteroatoms. The van der Waals surface area contributed by atoms with E-state index in [1.807, 2.05) is 30.3 Å². The number of aromatic nitrogens is 1. The molecule has 2 aliphatic rings. The van der Waals surface area contributed by atoms with Crippen molar-refractivity contribution in [2.24, 2.45) is 11.8 Å². The molecule has 0 spiro atoms. The molecule has 2 unspecified atom stereocenters. The number of aliphatic hydroxyl groups is 2. The Bertz CT molecular complexity index is 1800. The lowest BCUT2D eigenvalue weighted by atomic mass is 9.70. The van der Waals surface area contributed by atoms with Crippen LogP contribution in [-0.4, -0.2) is 40.4 Å². The predicted molar refractivity (Wildman–Crippen MR) is 154 cm³/mol. The summed E-state index contributed by atoms with van der Waals surface area (Å²) in [6.07, 6.45) is -0.0108. The van der Waals surface area contributed by atoms with Gasteiger partial charge in [0.15, 0.2) is 21.5 Å². The van der Waals surface area contributed by atoms with E-state index in [-0.39, 0.29) is 34.0 Å². The maximum absolute atomic E-state index is 13.9. The SMILES string of the molecule is O=C(Nc1ccc(F)c(F)c1)c1ccc(Cl)c(S(=O)(=O)[C@@H]2CC3CC[C@@H](C2)[C@@]3(O)C(O)c2ccc3ccccc3n2)c1. The number of hydrogen-bond acceptors (Lipinski definition) is 6. The minimum absolute atomic E-state index is 0.000796. The molecule has 0 aliphatic heterocycles. The molecule has 2 saturated carbocycles. The van der Waals surface area contributed by atoms with Crippen molar-refractivity contribution in [2.75, 3.05) is 5.32 Å². The highest BCUT2D eigenvalue weighted by molar-refractivity contribution is 7.92. The molecule has 6 rings (SSSR count). The van der Waals surface area contributed by atoms with Crippen LogP contribution in [0.3, 0.4) is 0 Å². The molecule has 2 fully saturated rings. The lowest BCUT2D eigenvalue weighted by molar-refractivity contribution is -0.145. The van der Waals surface area contributed by atoms with E-state index in [9.17, 15) is 32.2 Å². The Morgan fingerprint density at radius 1 is 0.976 bits per heavy atom. The number of amides is 1. The van der Waals surface area contributed by atoms with E-state index in [0.29, 0.717) is 24.1 Å². The number of halogens is 3. The summed E-state index contributed by atoms with van der Waals surface area (Å²) in [6, 6.07) is 17.7. The summed E-state index contributed by atoms with van der Waals surface area (Å²) in [5.74, 6) is -3.93. The van der Waals surface area contributed by atoms with Crippen LogP contribution in [0.15, 0.2) is 77.7 Å². The van der Waals surface area contributed by atoms with Gasteiger partial charge in [-0.3, -0.25) is 4.79 Å². The van der Waals surface area contributed by atoms with Gasteiger partial charge in [-0.15, -0.1) is 0 Å². The second kappa shape index (κ2) is 10.7. The van der Waals surface area contributed by atoms with Gasteiger partial charge in [0.25, 0.3) is 5.91 Å². The van der Waals surface area contributed by atoms with Crippen LogP contribution in [0, 0.1) is 23.5 Å². The Hall–Kier alpha value is -3.44. The van der Waals surface area contributed by atoms with Crippen LogP contribution >= 0.6 is 11.6 Å². The van der Waals surface area contributed by atoms with Crippen molar-refractivity contribution in [1.82, 2.24) is 4.98 Å². The van der Waals surface area contributed by atoms with Crippen molar-refractivity contribution in [3.05, 3.63) is 101 Å². The standard InChI is InChI=1S/C31H27ClF2N2O5S/c32-23-10-5-18(30(38)35-21-9-11-24(33)25(34)16-21)13-28(23)42(40,41)22-14-19-7-8-20(15-22)31(19,39)29(37)27-12-6-17-3-1-2-4-26(17)36-27/h1-6,9-13,16,19-20,22,29,37,39H,7-8,14-15H2,(H,35,38)/t19-,20?,22-,29?,31-/m0/s1. The molecule has 42 heavy (non-hydrogen) atoms. The first-order valence-electron chi connectivity index (χ1n) is 13.5. The summed E-state index contributed by atoms with van der Waals surface area (Å²) in [7, 11) is -4.06. The zero-order valence-corrected chi connectivity index (χ0v) is 23.7. The molecule has 1 heterocycles. The summed E-state index contributed by atoms with van der Waals surface area (Å²) >= 11 is 6.33. The number of pyridine rings is 1. The number of carbonyl (C=O) groups excluding carboxylic acids is 1. The van der Waals surface area contributed by atoms with E-state index < -0.39 is 56.2 Å². The molecule has 218 valence electrons. The lowest BCUT2D eigenvalue weighted by Gasteiger charge is -2.45. The fourth-order valence-electron chi connectivity index (χ4n) is 6.53. The Morgan fingerprint density at radius 3 is 2.40 bits per heavy atom. The van der Waals surface area contributed by atoms with Crippen molar-refractivity contribution in [1.29, 1.82) is 0 Å². The second-order valence-electron chi connectivity index (χ2n) is 11.1. The number of hydrogen-bond donors (Lipinski definition) is 3. The van der Waals surface area contributed by atoms with Crippen molar-refractivity contribution >= 4 is 43.9 Å². The summed E-state index contributed by atoms with van der Waals surface area (Å²) < 4.78 is 54.6. The normalized spacial score (nSPS) is 24.5. The summed E-state index contributed by atoms with van der Waals surface area (Å²) in [6.45, 7) is 0. The topological polar surface area (TPSA) is 117 Å². The zero-order chi connectivity index (χ0) is 29.8. The van der Waals surface area contributed by atoms with Gasteiger partial charge in [-0.05, 0) is 80.0 Å². The molecule has 5 atom stereocenters. The van der Waals surface area contributed by atoms with Crippen LogP contribution in [0.2, 0.25) is 5.02 Å². The van der Waals surface area contributed by atoms with Crippen LogP contribution in [-0.2, 0) is 9.84 Å². The average Bonchev–Trinajstić information content (AvgIpc) is 3.13. The molecule has 3 N–H and O–H groups in total. The van der Waals surface area contributed by atoms with Gasteiger partial charge in [0, 0.05) is 22.7 Å². The maximum Gasteiger partial charge on any atom is 0.255 e. The zero-order valence-electron chi connectivity index (χ0n) is 22.2. The van der Waals surface area contributed by atoms with Crippen LogP contribution in [0.1, 0.15) is 47.8 Å². The number of carbonyl (C=O) groups is 1. The van der Waals surface area contributed by atoms with E-state index >= 15 is 0 Å². The molecule has 7 nitrogen and oxygen atoms in total. The first-order chi connectivity index (χ1) is 20.0. The number of benzene rings is 3.